The first kappa shape index (κ1) is 38.1. The van der Waals surface area contributed by atoms with Crippen LogP contribution in [-0.4, -0.2) is 42.6 Å². The van der Waals surface area contributed by atoms with Crippen molar-refractivity contribution >= 4 is 7.82 Å². The van der Waals surface area contributed by atoms with Crippen molar-refractivity contribution in [1.82, 2.24) is 4.90 Å². The van der Waals surface area contributed by atoms with Crippen LogP contribution < -0.4 is 0 Å². The molecule has 0 aromatic rings. The van der Waals surface area contributed by atoms with Crippen molar-refractivity contribution < 1.29 is 18.5 Å². The van der Waals surface area contributed by atoms with Crippen molar-refractivity contribution in [3.05, 3.63) is 0 Å². The third-order valence-electron chi connectivity index (χ3n) is 7.53. The first-order chi connectivity index (χ1) is 18.6. The molecule has 0 aliphatic rings. The van der Waals surface area contributed by atoms with Crippen molar-refractivity contribution in [2.75, 3.05) is 32.8 Å². The monoisotopic (exact) mass is 561 g/mol. The van der Waals surface area contributed by atoms with Gasteiger partial charge in [-0.25, -0.2) is 4.57 Å². The summed E-state index contributed by atoms with van der Waals surface area (Å²) >= 11 is 0. The second-order valence-electron chi connectivity index (χ2n) is 11.4. The summed E-state index contributed by atoms with van der Waals surface area (Å²) in [4.78, 5) is 12.6. The molecule has 5 nitrogen and oxygen atoms in total. The van der Waals surface area contributed by atoms with Gasteiger partial charge in [-0.05, 0) is 58.2 Å². The normalized spacial score (nSPS) is 13.4. The van der Waals surface area contributed by atoms with E-state index in [1.807, 2.05) is 0 Å². The Balaban J connectivity index is 3.88. The number of hydrogen-bond acceptors (Lipinski definition) is 4. The fourth-order valence-electron chi connectivity index (χ4n) is 4.99. The largest absolute Gasteiger partial charge is 0.472 e. The van der Waals surface area contributed by atoms with Gasteiger partial charge in [0.05, 0.1) is 13.2 Å². The van der Waals surface area contributed by atoms with E-state index in [0.29, 0.717) is 13.2 Å². The highest BCUT2D eigenvalue weighted by Gasteiger charge is 2.20. The average molecular weight is 562 g/mol. The maximum absolute atomic E-state index is 12.1. The minimum absolute atomic E-state index is 0.306. The molecule has 0 aliphatic heterocycles. The van der Waals surface area contributed by atoms with Gasteiger partial charge in [0.25, 0.3) is 0 Å². The van der Waals surface area contributed by atoms with Crippen LogP contribution in [0.1, 0.15) is 175 Å². The van der Waals surface area contributed by atoms with E-state index in [-0.39, 0.29) is 0 Å². The molecule has 230 valence electrons. The highest BCUT2D eigenvalue weighted by molar-refractivity contribution is 7.47. The Kier molecular flexibility index (Phi) is 30.1. The number of hydrogen-bond donors (Lipinski definition) is 1. The second kappa shape index (κ2) is 30.0. The summed E-state index contributed by atoms with van der Waals surface area (Å²) < 4.78 is 22.5. The first-order valence-corrected chi connectivity index (χ1v) is 18.4. The van der Waals surface area contributed by atoms with Crippen molar-refractivity contribution in [3.8, 4) is 0 Å². The predicted octanol–water partition coefficient (Wildman–Crippen LogP) is 10.8. The summed E-state index contributed by atoms with van der Waals surface area (Å²) in [5, 5.41) is 0. The zero-order valence-corrected chi connectivity index (χ0v) is 27.0. The number of unbranched alkanes of at least 4 members (excludes halogenated alkanes) is 20. The third-order valence-corrected chi connectivity index (χ3v) is 8.55. The molecule has 0 aromatic carbocycles. The molecule has 0 amide bonds. The molecular formula is C32H68NO4P. The topological polar surface area (TPSA) is 59.0 Å². The van der Waals surface area contributed by atoms with E-state index in [1.54, 1.807) is 0 Å². The summed E-state index contributed by atoms with van der Waals surface area (Å²) in [5.74, 6) is 0. The van der Waals surface area contributed by atoms with E-state index in [0.717, 1.165) is 38.6 Å². The molecular weight excluding hydrogens is 493 g/mol. The lowest BCUT2D eigenvalue weighted by atomic mass is 10.1. The summed E-state index contributed by atoms with van der Waals surface area (Å²) in [6.07, 6.45) is 30.1. The van der Waals surface area contributed by atoms with Crippen molar-refractivity contribution in [3.63, 3.8) is 0 Å². The van der Waals surface area contributed by atoms with Crippen molar-refractivity contribution in [2.45, 2.75) is 175 Å². The Labute approximate surface area is 238 Å². The Morgan fingerprint density at radius 3 is 1.05 bits per heavy atom. The minimum atomic E-state index is -3.90. The lowest BCUT2D eigenvalue weighted by Gasteiger charge is -2.22. The second-order valence-corrected chi connectivity index (χ2v) is 12.9. The molecule has 0 spiro atoms. The molecule has 1 N–H and O–H groups in total. The van der Waals surface area contributed by atoms with E-state index < -0.39 is 7.82 Å². The Morgan fingerprint density at radius 1 is 0.447 bits per heavy atom. The number of nitrogens with zero attached hydrogens (tertiary/aromatic N) is 1. The minimum Gasteiger partial charge on any atom is -0.303 e. The van der Waals surface area contributed by atoms with Gasteiger partial charge in [-0.15, -0.1) is 0 Å². The number of phosphoric ester groups is 1. The summed E-state index contributed by atoms with van der Waals surface area (Å²) in [6.45, 7) is 11.0. The Morgan fingerprint density at radius 2 is 0.711 bits per heavy atom. The molecule has 1 atom stereocenters. The number of rotatable bonds is 32. The van der Waals surface area contributed by atoms with Crippen LogP contribution in [0.5, 0.6) is 0 Å². The van der Waals surface area contributed by atoms with Crippen molar-refractivity contribution in [1.29, 1.82) is 0 Å². The van der Waals surface area contributed by atoms with E-state index in [4.69, 9.17) is 9.05 Å². The van der Waals surface area contributed by atoms with Crippen molar-refractivity contribution in [2.24, 2.45) is 0 Å². The molecule has 0 aromatic heterocycles. The smallest absolute Gasteiger partial charge is 0.303 e. The standard InChI is InChI=1S/C32H68NO4P/c1-4-7-10-13-16-17-18-21-26-31-36-38(34,35)37-32-27-22-25-30-33(28-23-19-14-11-8-5-2)29-24-20-15-12-9-6-3/h4-32H2,1-3H3,(H,34,35). The summed E-state index contributed by atoms with van der Waals surface area (Å²) in [7, 11) is -3.90. The van der Waals surface area contributed by atoms with Crippen LogP contribution >= 0.6 is 7.82 Å². The van der Waals surface area contributed by atoms with Gasteiger partial charge in [-0.3, -0.25) is 9.05 Å². The molecule has 38 heavy (non-hydrogen) atoms. The SMILES string of the molecule is CCCCCCCCCCCOP(=O)(O)OCCCCCN(CCCCCCCC)CCCCCCCC. The van der Waals surface area contributed by atoms with Gasteiger partial charge in [0.1, 0.15) is 0 Å². The fraction of sp³-hybridized carbons (Fsp3) is 1.00. The van der Waals surface area contributed by atoms with E-state index in [1.165, 1.54) is 135 Å². The van der Waals surface area contributed by atoms with Gasteiger partial charge in [0.2, 0.25) is 0 Å². The quantitative estimate of drug-likeness (QED) is 0.0654. The first-order valence-electron chi connectivity index (χ1n) is 16.9. The average Bonchev–Trinajstić information content (AvgIpc) is 2.90. The molecule has 0 bridgehead atoms. The third kappa shape index (κ3) is 29.1. The Bertz CT molecular complexity index is 490. The molecule has 0 radical (unpaired) electrons. The van der Waals surface area contributed by atoms with Gasteiger partial charge >= 0.3 is 7.82 Å². The zero-order chi connectivity index (χ0) is 28.0. The van der Waals surface area contributed by atoms with Crippen LogP contribution in [0, 0.1) is 0 Å². The van der Waals surface area contributed by atoms with Gasteiger partial charge in [0.15, 0.2) is 0 Å². The summed E-state index contributed by atoms with van der Waals surface area (Å²) in [6, 6.07) is 0. The number of phosphoric acid groups is 1. The Hall–Kier alpha value is 0.0700. The van der Waals surface area contributed by atoms with Gasteiger partial charge in [0, 0.05) is 0 Å². The molecule has 0 heterocycles. The van der Waals surface area contributed by atoms with Crippen LogP contribution in [-0.2, 0) is 13.6 Å². The predicted molar refractivity (Wildman–Crippen MR) is 166 cm³/mol. The molecule has 0 aliphatic carbocycles. The van der Waals surface area contributed by atoms with E-state index in [2.05, 4.69) is 25.7 Å². The van der Waals surface area contributed by atoms with Crippen LogP contribution in [0.15, 0.2) is 0 Å². The van der Waals surface area contributed by atoms with Crippen LogP contribution in [0.3, 0.4) is 0 Å². The van der Waals surface area contributed by atoms with Crippen LogP contribution in [0.2, 0.25) is 0 Å². The van der Waals surface area contributed by atoms with Gasteiger partial charge < -0.3 is 9.79 Å². The molecule has 0 saturated heterocycles. The van der Waals surface area contributed by atoms with Crippen LogP contribution in [0.4, 0.5) is 0 Å². The molecule has 6 heteroatoms. The molecule has 0 rings (SSSR count). The highest BCUT2D eigenvalue weighted by Crippen LogP contribution is 2.43. The lowest BCUT2D eigenvalue weighted by Crippen LogP contribution is -2.27. The van der Waals surface area contributed by atoms with E-state index in [9.17, 15) is 9.46 Å². The molecule has 0 fully saturated rings. The zero-order valence-electron chi connectivity index (χ0n) is 26.1. The lowest BCUT2D eigenvalue weighted by molar-refractivity contribution is 0.144. The maximum Gasteiger partial charge on any atom is 0.472 e. The molecule has 1 unspecified atom stereocenters. The fourth-order valence-corrected chi connectivity index (χ4v) is 5.79. The van der Waals surface area contributed by atoms with Gasteiger partial charge in [-0.1, -0.05) is 136 Å². The van der Waals surface area contributed by atoms with Crippen LogP contribution in [0.25, 0.3) is 0 Å². The van der Waals surface area contributed by atoms with Gasteiger partial charge in [-0.2, -0.15) is 0 Å². The highest BCUT2D eigenvalue weighted by atomic mass is 31.2. The van der Waals surface area contributed by atoms with E-state index >= 15 is 0 Å². The molecule has 0 saturated carbocycles. The summed E-state index contributed by atoms with van der Waals surface area (Å²) in [5.41, 5.74) is 0. The maximum atomic E-state index is 12.1.